The van der Waals surface area contributed by atoms with Crippen LogP contribution in [0.3, 0.4) is 0 Å². The molecule has 2 rings (SSSR count). The lowest BCUT2D eigenvalue weighted by atomic mass is 10.1. The molecule has 0 radical (unpaired) electrons. The van der Waals surface area contributed by atoms with Crippen LogP contribution in [0, 0.1) is 13.8 Å². The van der Waals surface area contributed by atoms with Crippen LogP contribution < -0.4 is 9.62 Å². The van der Waals surface area contributed by atoms with E-state index in [9.17, 15) is 13.2 Å². The van der Waals surface area contributed by atoms with Gasteiger partial charge >= 0.3 is 0 Å². The van der Waals surface area contributed by atoms with Crippen LogP contribution in [-0.2, 0) is 16.4 Å². The van der Waals surface area contributed by atoms with E-state index in [-0.39, 0.29) is 5.91 Å². The number of aryl methyl sites for hydroxylation is 3. The van der Waals surface area contributed by atoms with Crippen molar-refractivity contribution < 1.29 is 13.2 Å². The van der Waals surface area contributed by atoms with E-state index in [1.165, 1.54) is 22.5 Å². The average molecular weight is 375 g/mol. The third-order valence-electron chi connectivity index (χ3n) is 4.32. The van der Waals surface area contributed by atoms with Crippen molar-refractivity contribution in [2.45, 2.75) is 26.7 Å². The molecule has 1 N–H and O–H groups in total. The number of carbonyl (C=O) groups is 1. The smallest absolute Gasteiger partial charge is 0.251 e. The highest BCUT2D eigenvalue weighted by atomic mass is 32.2. The summed E-state index contributed by atoms with van der Waals surface area (Å²) in [5.74, 6) is -0.197. The Bertz CT molecular complexity index is 892. The summed E-state index contributed by atoms with van der Waals surface area (Å²) in [6.45, 7) is 4.45. The molecule has 140 valence electrons. The highest BCUT2D eigenvalue weighted by Crippen LogP contribution is 2.22. The van der Waals surface area contributed by atoms with Crippen molar-refractivity contribution >= 4 is 21.6 Å². The summed E-state index contributed by atoms with van der Waals surface area (Å²) in [7, 11) is -1.89. The minimum atomic E-state index is -3.37. The van der Waals surface area contributed by atoms with Gasteiger partial charge in [-0.15, -0.1) is 0 Å². The minimum Gasteiger partial charge on any atom is -0.352 e. The van der Waals surface area contributed by atoms with E-state index in [4.69, 9.17) is 0 Å². The first-order valence-corrected chi connectivity index (χ1v) is 10.4. The molecule has 2 aromatic carbocycles. The third-order valence-corrected chi connectivity index (χ3v) is 5.51. The molecule has 0 heterocycles. The number of nitrogens with zero attached hydrogens (tertiary/aromatic N) is 1. The highest BCUT2D eigenvalue weighted by Gasteiger charge is 2.16. The van der Waals surface area contributed by atoms with E-state index in [0.717, 1.165) is 24.7 Å². The Labute approximate surface area is 156 Å². The van der Waals surface area contributed by atoms with E-state index in [2.05, 4.69) is 30.4 Å². The summed E-state index contributed by atoms with van der Waals surface area (Å²) in [4.78, 5) is 12.4. The van der Waals surface area contributed by atoms with Crippen LogP contribution in [0.1, 0.15) is 33.5 Å². The predicted molar refractivity (Wildman–Crippen MR) is 106 cm³/mol. The Morgan fingerprint density at radius 3 is 2.50 bits per heavy atom. The number of nitrogens with one attached hydrogen (secondary N) is 1. The van der Waals surface area contributed by atoms with Crippen LogP contribution in [0.2, 0.25) is 0 Å². The van der Waals surface area contributed by atoms with Gasteiger partial charge in [-0.25, -0.2) is 8.42 Å². The van der Waals surface area contributed by atoms with E-state index < -0.39 is 10.0 Å². The molecular formula is C20H26N2O3S. The molecule has 0 aliphatic carbocycles. The lowest BCUT2D eigenvalue weighted by Gasteiger charge is -2.19. The Balaban J connectivity index is 1.97. The van der Waals surface area contributed by atoms with Crippen LogP contribution in [0.4, 0.5) is 5.69 Å². The van der Waals surface area contributed by atoms with Gasteiger partial charge in [-0.1, -0.05) is 35.9 Å². The van der Waals surface area contributed by atoms with Gasteiger partial charge in [0.25, 0.3) is 5.91 Å². The molecular weight excluding hydrogens is 348 g/mol. The largest absolute Gasteiger partial charge is 0.352 e. The van der Waals surface area contributed by atoms with Crippen molar-refractivity contribution in [3.63, 3.8) is 0 Å². The van der Waals surface area contributed by atoms with E-state index in [0.29, 0.717) is 17.8 Å². The Hall–Kier alpha value is -2.34. The number of carbonyl (C=O) groups excluding carboxylic acids is 1. The first-order chi connectivity index (χ1) is 12.2. The first-order valence-electron chi connectivity index (χ1n) is 8.57. The molecule has 1 amide bonds. The molecule has 0 unspecified atom stereocenters. The van der Waals surface area contributed by atoms with Gasteiger partial charge in [0.15, 0.2) is 0 Å². The van der Waals surface area contributed by atoms with Gasteiger partial charge in [0.05, 0.1) is 11.9 Å². The van der Waals surface area contributed by atoms with Crippen LogP contribution in [0.5, 0.6) is 0 Å². The van der Waals surface area contributed by atoms with Crippen molar-refractivity contribution in [3.05, 3.63) is 64.7 Å². The Morgan fingerprint density at radius 2 is 1.85 bits per heavy atom. The molecule has 0 saturated heterocycles. The third kappa shape index (κ3) is 5.33. The number of anilines is 1. The number of rotatable bonds is 7. The van der Waals surface area contributed by atoms with Crippen LogP contribution in [0.15, 0.2) is 42.5 Å². The van der Waals surface area contributed by atoms with Crippen molar-refractivity contribution in [1.82, 2.24) is 5.32 Å². The fourth-order valence-corrected chi connectivity index (χ4v) is 3.29. The highest BCUT2D eigenvalue weighted by molar-refractivity contribution is 7.92. The standard InChI is InChI=1S/C20H26N2O3S/c1-15-7-5-8-17(13-15)9-6-12-21-20(23)18-11-10-16(2)19(14-18)22(3)26(4,24)25/h5,7-8,10-11,13-14H,6,9,12H2,1-4H3,(H,21,23). The predicted octanol–water partition coefficient (Wildman–Crippen LogP) is 3.06. The van der Waals surface area contributed by atoms with Crippen LogP contribution >= 0.6 is 0 Å². The lowest BCUT2D eigenvalue weighted by molar-refractivity contribution is 0.0953. The van der Waals surface area contributed by atoms with Gasteiger partial charge in [-0.3, -0.25) is 9.10 Å². The molecule has 0 saturated carbocycles. The van der Waals surface area contributed by atoms with Crippen molar-refractivity contribution in [1.29, 1.82) is 0 Å². The molecule has 0 spiro atoms. The number of amides is 1. The van der Waals surface area contributed by atoms with Gasteiger partial charge in [-0.05, 0) is 49.9 Å². The zero-order valence-corrected chi connectivity index (χ0v) is 16.6. The fraction of sp³-hybridized carbons (Fsp3) is 0.350. The molecule has 0 aliphatic heterocycles. The van der Waals surface area contributed by atoms with Gasteiger partial charge in [-0.2, -0.15) is 0 Å². The molecule has 26 heavy (non-hydrogen) atoms. The minimum absolute atomic E-state index is 0.197. The summed E-state index contributed by atoms with van der Waals surface area (Å²) >= 11 is 0. The first kappa shape index (κ1) is 20.0. The number of sulfonamides is 1. The second-order valence-corrected chi connectivity index (χ2v) is 8.59. The summed E-state index contributed by atoms with van der Waals surface area (Å²) < 4.78 is 24.7. The number of hydrogen-bond acceptors (Lipinski definition) is 3. The molecule has 0 bridgehead atoms. The summed E-state index contributed by atoms with van der Waals surface area (Å²) in [6, 6.07) is 13.4. The summed E-state index contributed by atoms with van der Waals surface area (Å²) in [5.41, 5.74) is 4.26. The average Bonchev–Trinajstić information content (AvgIpc) is 2.57. The monoisotopic (exact) mass is 374 g/mol. The molecule has 0 fully saturated rings. The normalized spacial score (nSPS) is 11.2. The zero-order chi connectivity index (χ0) is 19.3. The van der Waals surface area contributed by atoms with E-state index in [1.807, 2.05) is 13.0 Å². The molecule has 5 nitrogen and oxygen atoms in total. The van der Waals surface area contributed by atoms with Crippen molar-refractivity contribution in [2.75, 3.05) is 24.2 Å². The van der Waals surface area contributed by atoms with Gasteiger partial charge < -0.3 is 5.32 Å². The van der Waals surface area contributed by atoms with Crippen molar-refractivity contribution in [2.24, 2.45) is 0 Å². The Morgan fingerprint density at radius 1 is 1.12 bits per heavy atom. The molecule has 2 aromatic rings. The van der Waals surface area contributed by atoms with Crippen molar-refractivity contribution in [3.8, 4) is 0 Å². The summed E-state index contributed by atoms with van der Waals surface area (Å²) in [5, 5.41) is 2.90. The zero-order valence-electron chi connectivity index (χ0n) is 15.7. The Kier molecular flexibility index (Phi) is 6.42. The fourth-order valence-electron chi connectivity index (χ4n) is 2.73. The van der Waals surface area contributed by atoms with Gasteiger partial charge in [0.2, 0.25) is 10.0 Å². The van der Waals surface area contributed by atoms with Gasteiger partial charge in [0, 0.05) is 19.2 Å². The molecule has 0 atom stereocenters. The van der Waals surface area contributed by atoms with Gasteiger partial charge in [0.1, 0.15) is 0 Å². The van der Waals surface area contributed by atoms with E-state index in [1.54, 1.807) is 18.2 Å². The summed E-state index contributed by atoms with van der Waals surface area (Å²) in [6.07, 6.45) is 2.89. The lowest BCUT2D eigenvalue weighted by Crippen LogP contribution is -2.27. The maximum atomic E-state index is 12.4. The quantitative estimate of drug-likeness (QED) is 0.758. The number of hydrogen-bond donors (Lipinski definition) is 1. The maximum absolute atomic E-state index is 12.4. The maximum Gasteiger partial charge on any atom is 0.251 e. The molecule has 6 heteroatoms. The SMILES string of the molecule is Cc1cccc(CCCNC(=O)c2ccc(C)c(N(C)S(C)(=O)=O)c2)c1. The van der Waals surface area contributed by atoms with Crippen LogP contribution in [0.25, 0.3) is 0 Å². The van der Waals surface area contributed by atoms with Crippen LogP contribution in [-0.4, -0.2) is 34.2 Å². The van der Waals surface area contributed by atoms with E-state index >= 15 is 0 Å². The molecule has 0 aliphatic rings. The topological polar surface area (TPSA) is 66.5 Å². The number of benzene rings is 2. The second-order valence-electron chi connectivity index (χ2n) is 6.58. The molecule has 0 aromatic heterocycles. The second kappa shape index (κ2) is 8.36.